The van der Waals surface area contributed by atoms with E-state index < -0.39 is 5.54 Å². The summed E-state index contributed by atoms with van der Waals surface area (Å²) in [5.74, 6) is -0.117. The predicted molar refractivity (Wildman–Crippen MR) is 66.8 cm³/mol. The third kappa shape index (κ3) is 2.11. The summed E-state index contributed by atoms with van der Waals surface area (Å²) in [6, 6.07) is 0.295. The minimum absolute atomic E-state index is 0.117. The van der Waals surface area contributed by atoms with Crippen LogP contribution in [0, 0.1) is 0 Å². The number of piperidine rings is 1. The highest BCUT2D eigenvalue weighted by Crippen LogP contribution is 2.35. The normalized spacial score (nSPS) is 33.1. The molecule has 0 aromatic carbocycles. The van der Waals surface area contributed by atoms with Crippen molar-refractivity contribution in [1.29, 1.82) is 0 Å². The van der Waals surface area contributed by atoms with Crippen molar-refractivity contribution in [2.45, 2.75) is 37.3 Å². The predicted octanol–water partition coefficient (Wildman–Crippen LogP) is 0.932. The summed E-state index contributed by atoms with van der Waals surface area (Å²) in [6.07, 6.45) is 6.18. The van der Waals surface area contributed by atoms with Gasteiger partial charge in [0.25, 0.3) is 0 Å². The van der Waals surface area contributed by atoms with Crippen molar-refractivity contribution in [1.82, 2.24) is 10.2 Å². The lowest BCUT2D eigenvalue weighted by Gasteiger charge is -2.39. The number of fused-ring (bicyclic) bond motifs is 1. The topological polar surface area (TPSA) is 41.6 Å². The van der Waals surface area contributed by atoms with E-state index in [1.807, 2.05) is 0 Å². The lowest BCUT2D eigenvalue weighted by atomic mass is 9.85. The van der Waals surface area contributed by atoms with Crippen LogP contribution in [0.3, 0.4) is 0 Å². The van der Waals surface area contributed by atoms with Gasteiger partial charge < -0.3 is 4.74 Å². The molecule has 2 fully saturated rings. The molecule has 2 atom stereocenters. The number of carbonyl (C=O) groups is 1. The van der Waals surface area contributed by atoms with Gasteiger partial charge in [0.1, 0.15) is 5.54 Å². The van der Waals surface area contributed by atoms with Crippen LogP contribution in [0.15, 0.2) is 12.7 Å². The first-order valence-corrected chi connectivity index (χ1v) is 6.43. The van der Waals surface area contributed by atoms with Crippen LogP contribution in [0.5, 0.6) is 0 Å². The molecule has 0 aliphatic carbocycles. The molecule has 2 heterocycles. The van der Waals surface area contributed by atoms with Crippen LogP contribution >= 0.6 is 0 Å². The van der Waals surface area contributed by atoms with E-state index in [1.54, 1.807) is 6.08 Å². The first-order valence-electron chi connectivity index (χ1n) is 6.43. The molecule has 0 bridgehead atoms. The zero-order valence-electron chi connectivity index (χ0n) is 10.6. The van der Waals surface area contributed by atoms with Crippen molar-refractivity contribution >= 4 is 5.97 Å². The quantitative estimate of drug-likeness (QED) is 0.584. The van der Waals surface area contributed by atoms with Crippen molar-refractivity contribution < 1.29 is 9.53 Å². The van der Waals surface area contributed by atoms with Crippen LogP contribution in [0.1, 0.15) is 25.7 Å². The van der Waals surface area contributed by atoms with Crippen molar-refractivity contribution in [2.24, 2.45) is 0 Å². The smallest absolute Gasteiger partial charge is 0.327 e. The molecule has 2 rings (SSSR count). The Hall–Kier alpha value is -0.870. The van der Waals surface area contributed by atoms with E-state index in [0.717, 1.165) is 25.9 Å². The molecule has 0 radical (unpaired) electrons. The zero-order chi connectivity index (χ0) is 12.3. The number of ether oxygens (including phenoxy) is 1. The monoisotopic (exact) mass is 238 g/mol. The second-order valence-corrected chi connectivity index (χ2v) is 4.93. The molecular weight excluding hydrogens is 216 g/mol. The van der Waals surface area contributed by atoms with Gasteiger partial charge in [0.2, 0.25) is 0 Å². The molecule has 0 aromatic heterocycles. The maximum absolute atomic E-state index is 12.2. The third-order valence-electron chi connectivity index (χ3n) is 4.09. The first-order chi connectivity index (χ1) is 8.24. The first kappa shape index (κ1) is 12.6. The number of hydrogen-bond donors (Lipinski definition) is 1. The van der Waals surface area contributed by atoms with Gasteiger partial charge in [-0.15, -0.1) is 6.58 Å². The van der Waals surface area contributed by atoms with Crippen molar-refractivity contribution in [3.05, 3.63) is 12.7 Å². The number of esters is 1. The van der Waals surface area contributed by atoms with Gasteiger partial charge in [0.15, 0.2) is 0 Å². The van der Waals surface area contributed by atoms with E-state index in [1.165, 1.54) is 20.0 Å². The summed E-state index contributed by atoms with van der Waals surface area (Å²) in [7, 11) is 1.48. The Kier molecular flexibility index (Phi) is 3.84. The standard InChI is InChI=1S/C13H22N2O2/c1-3-8-14-13(12(16)17-2)7-10-15-9-5-4-6-11(13)15/h3,11,14H,1,4-10H2,2H3. The van der Waals surface area contributed by atoms with E-state index in [9.17, 15) is 4.79 Å². The summed E-state index contributed by atoms with van der Waals surface area (Å²) in [6.45, 7) is 6.47. The van der Waals surface area contributed by atoms with Gasteiger partial charge >= 0.3 is 5.97 Å². The van der Waals surface area contributed by atoms with Gasteiger partial charge in [-0.3, -0.25) is 10.2 Å². The lowest BCUT2D eigenvalue weighted by molar-refractivity contribution is -0.150. The summed E-state index contributed by atoms with van der Waals surface area (Å²) in [5.41, 5.74) is -0.511. The highest BCUT2D eigenvalue weighted by Gasteiger charge is 2.53. The van der Waals surface area contributed by atoms with E-state index in [2.05, 4.69) is 16.8 Å². The van der Waals surface area contributed by atoms with Gasteiger partial charge in [-0.05, 0) is 25.8 Å². The van der Waals surface area contributed by atoms with Crippen LogP contribution in [-0.4, -0.2) is 49.2 Å². The molecule has 17 heavy (non-hydrogen) atoms. The molecule has 2 unspecified atom stereocenters. The molecule has 2 saturated heterocycles. The van der Waals surface area contributed by atoms with E-state index >= 15 is 0 Å². The molecule has 0 spiro atoms. The Balaban J connectivity index is 2.20. The van der Waals surface area contributed by atoms with E-state index in [4.69, 9.17) is 4.74 Å². The summed E-state index contributed by atoms with van der Waals surface area (Å²) in [4.78, 5) is 14.6. The number of carbonyl (C=O) groups excluding carboxylic acids is 1. The van der Waals surface area contributed by atoms with E-state index in [0.29, 0.717) is 12.6 Å². The molecule has 0 amide bonds. The molecule has 0 saturated carbocycles. The number of nitrogens with one attached hydrogen (secondary N) is 1. The molecule has 4 nitrogen and oxygen atoms in total. The van der Waals surface area contributed by atoms with Gasteiger partial charge in [0, 0.05) is 19.1 Å². The fourth-order valence-electron chi connectivity index (χ4n) is 3.26. The maximum atomic E-state index is 12.2. The van der Waals surface area contributed by atoms with Crippen LogP contribution in [0.2, 0.25) is 0 Å². The number of methoxy groups -OCH3 is 1. The molecular formula is C13H22N2O2. The minimum atomic E-state index is -0.511. The van der Waals surface area contributed by atoms with Gasteiger partial charge in [-0.2, -0.15) is 0 Å². The lowest BCUT2D eigenvalue weighted by Crippen LogP contribution is -2.61. The van der Waals surface area contributed by atoms with E-state index in [-0.39, 0.29) is 5.97 Å². The van der Waals surface area contributed by atoms with Gasteiger partial charge in [0.05, 0.1) is 7.11 Å². The second-order valence-electron chi connectivity index (χ2n) is 4.93. The van der Waals surface area contributed by atoms with Crippen molar-refractivity contribution in [2.75, 3.05) is 26.7 Å². The number of hydrogen-bond acceptors (Lipinski definition) is 4. The van der Waals surface area contributed by atoms with Crippen LogP contribution in [0.4, 0.5) is 0 Å². The molecule has 2 aliphatic rings. The summed E-state index contributed by atoms with van der Waals surface area (Å²) >= 11 is 0. The number of rotatable bonds is 4. The summed E-state index contributed by atoms with van der Waals surface area (Å²) in [5, 5.41) is 3.36. The Morgan fingerprint density at radius 1 is 1.59 bits per heavy atom. The van der Waals surface area contributed by atoms with Crippen molar-refractivity contribution in [3.8, 4) is 0 Å². The molecule has 4 heteroatoms. The zero-order valence-corrected chi connectivity index (χ0v) is 10.6. The SMILES string of the molecule is C=CCNC1(C(=O)OC)CCN2CCCCC21. The van der Waals surface area contributed by atoms with Crippen LogP contribution in [-0.2, 0) is 9.53 Å². The minimum Gasteiger partial charge on any atom is -0.468 e. The second kappa shape index (κ2) is 5.19. The summed E-state index contributed by atoms with van der Waals surface area (Å²) < 4.78 is 5.02. The molecule has 2 aliphatic heterocycles. The molecule has 0 aromatic rings. The maximum Gasteiger partial charge on any atom is 0.327 e. The van der Waals surface area contributed by atoms with Gasteiger partial charge in [-0.1, -0.05) is 12.5 Å². The van der Waals surface area contributed by atoms with Crippen LogP contribution < -0.4 is 5.32 Å². The Bertz CT molecular complexity index is 306. The Labute approximate surface area is 103 Å². The van der Waals surface area contributed by atoms with Gasteiger partial charge in [-0.25, -0.2) is 4.79 Å². The Morgan fingerprint density at radius 3 is 3.12 bits per heavy atom. The average Bonchev–Trinajstić information content (AvgIpc) is 2.76. The highest BCUT2D eigenvalue weighted by atomic mass is 16.5. The highest BCUT2D eigenvalue weighted by molar-refractivity contribution is 5.82. The number of nitrogens with zero attached hydrogens (tertiary/aromatic N) is 1. The largest absolute Gasteiger partial charge is 0.468 e. The Morgan fingerprint density at radius 2 is 2.41 bits per heavy atom. The average molecular weight is 238 g/mol. The fourth-order valence-corrected chi connectivity index (χ4v) is 3.26. The molecule has 1 N–H and O–H groups in total. The van der Waals surface area contributed by atoms with Crippen LogP contribution in [0.25, 0.3) is 0 Å². The third-order valence-corrected chi connectivity index (χ3v) is 4.09. The molecule has 96 valence electrons. The fraction of sp³-hybridized carbons (Fsp3) is 0.769. The van der Waals surface area contributed by atoms with Crippen molar-refractivity contribution in [3.63, 3.8) is 0 Å².